The van der Waals surface area contributed by atoms with Crippen molar-refractivity contribution >= 4 is 0 Å². The van der Waals surface area contributed by atoms with Crippen LogP contribution < -0.4 is 10.1 Å². The van der Waals surface area contributed by atoms with Crippen molar-refractivity contribution in [1.29, 1.82) is 0 Å². The predicted molar refractivity (Wildman–Crippen MR) is 69.5 cm³/mol. The summed E-state index contributed by atoms with van der Waals surface area (Å²) in [5, 5.41) is 3.55. The average Bonchev–Trinajstić information content (AvgIpc) is 2.84. The van der Waals surface area contributed by atoms with Gasteiger partial charge in [-0.2, -0.15) is 0 Å². The topological polar surface area (TPSA) is 34.4 Å². The Balaban J connectivity index is 1.75. The van der Waals surface area contributed by atoms with E-state index >= 15 is 0 Å². The fourth-order valence-corrected chi connectivity index (χ4v) is 2.37. The maximum absolute atomic E-state index is 5.75. The lowest BCUT2D eigenvalue weighted by Gasteiger charge is -2.17. The van der Waals surface area contributed by atoms with Crippen molar-refractivity contribution in [2.75, 3.05) is 6.61 Å². The van der Waals surface area contributed by atoms with Gasteiger partial charge in [0, 0.05) is 11.6 Å². The number of hydrogen-bond donors (Lipinski definition) is 1. The maximum Gasteiger partial charge on any atom is 0.124 e. The fraction of sp³-hybridized carbons (Fsp3) is 0.333. The molecule has 94 valence electrons. The molecule has 1 aromatic carbocycles. The molecule has 1 aromatic heterocycles. The van der Waals surface area contributed by atoms with Crippen molar-refractivity contribution in [3.05, 3.63) is 54.0 Å². The molecule has 1 atom stereocenters. The minimum atomic E-state index is 0.341. The largest absolute Gasteiger partial charge is 0.493 e. The molecule has 1 N–H and O–H groups in total. The highest BCUT2D eigenvalue weighted by molar-refractivity contribution is 5.36. The summed E-state index contributed by atoms with van der Waals surface area (Å²) in [6.45, 7) is 1.56. The lowest BCUT2D eigenvalue weighted by Crippen LogP contribution is -2.20. The van der Waals surface area contributed by atoms with Gasteiger partial charge in [0.15, 0.2) is 0 Å². The number of rotatable bonds is 3. The smallest absolute Gasteiger partial charge is 0.124 e. The Bertz CT molecular complexity index is 493. The molecule has 0 fully saturated rings. The number of ether oxygens (including phenoxy) is 1. The predicted octanol–water partition coefficient (Wildman–Crippen LogP) is 3.28. The summed E-state index contributed by atoms with van der Waals surface area (Å²) in [5.74, 6) is 1.98. The second-order valence-corrected chi connectivity index (χ2v) is 4.54. The van der Waals surface area contributed by atoms with E-state index in [4.69, 9.17) is 9.15 Å². The van der Waals surface area contributed by atoms with E-state index in [0.717, 1.165) is 37.5 Å². The normalized spacial score (nSPS) is 18.8. The Labute approximate surface area is 107 Å². The van der Waals surface area contributed by atoms with Gasteiger partial charge in [-0.25, -0.2) is 0 Å². The van der Waals surface area contributed by atoms with E-state index in [1.807, 2.05) is 24.3 Å². The van der Waals surface area contributed by atoms with Crippen molar-refractivity contribution in [3.8, 4) is 5.75 Å². The fourth-order valence-electron chi connectivity index (χ4n) is 2.37. The first kappa shape index (κ1) is 11.4. The van der Waals surface area contributed by atoms with Crippen LogP contribution >= 0.6 is 0 Å². The van der Waals surface area contributed by atoms with E-state index < -0.39 is 0 Å². The van der Waals surface area contributed by atoms with Crippen molar-refractivity contribution < 1.29 is 9.15 Å². The minimum absolute atomic E-state index is 0.341. The molecule has 1 aliphatic rings. The first-order valence-corrected chi connectivity index (χ1v) is 6.41. The van der Waals surface area contributed by atoms with Gasteiger partial charge in [-0.15, -0.1) is 0 Å². The Morgan fingerprint density at radius 2 is 2.11 bits per heavy atom. The number of benzene rings is 1. The summed E-state index contributed by atoms with van der Waals surface area (Å²) < 4.78 is 11.1. The number of para-hydroxylation sites is 1. The van der Waals surface area contributed by atoms with Crippen LogP contribution in [0.5, 0.6) is 5.75 Å². The lowest BCUT2D eigenvalue weighted by atomic mass is 10.0. The third-order valence-electron chi connectivity index (χ3n) is 3.29. The van der Waals surface area contributed by atoms with Gasteiger partial charge in [-0.1, -0.05) is 18.2 Å². The van der Waals surface area contributed by atoms with Crippen molar-refractivity contribution in [3.63, 3.8) is 0 Å². The van der Waals surface area contributed by atoms with E-state index in [0.29, 0.717) is 6.04 Å². The van der Waals surface area contributed by atoms with Crippen LogP contribution in [-0.2, 0) is 6.54 Å². The quantitative estimate of drug-likeness (QED) is 0.898. The summed E-state index contributed by atoms with van der Waals surface area (Å²) in [6.07, 6.45) is 3.88. The zero-order valence-corrected chi connectivity index (χ0v) is 10.3. The molecular weight excluding hydrogens is 226 g/mol. The lowest BCUT2D eigenvalue weighted by molar-refractivity contribution is 0.315. The first-order valence-electron chi connectivity index (χ1n) is 6.41. The summed E-state index contributed by atoms with van der Waals surface area (Å²) in [5.41, 5.74) is 1.25. The molecule has 0 aliphatic carbocycles. The standard InChI is InChI=1S/C15H17NO2/c1-2-8-15-13(6-1)14(7-4-10-18-15)16-11-12-5-3-9-17-12/h1-3,5-6,8-9,14,16H,4,7,10-11H2. The average molecular weight is 243 g/mol. The molecule has 0 amide bonds. The Morgan fingerprint density at radius 1 is 1.17 bits per heavy atom. The molecule has 0 bridgehead atoms. The van der Waals surface area contributed by atoms with Crippen LogP contribution in [0.15, 0.2) is 47.1 Å². The highest BCUT2D eigenvalue weighted by atomic mass is 16.5. The van der Waals surface area contributed by atoms with E-state index in [1.165, 1.54) is 5.56 Å². The van der Waals surface area contributed by atoms with Gasteiger partial charge >= 0.3 is 0 Å². The molecule has 2 heterocycles. The van der Waals surface area contributed by atoms with E-state index in [1.54, 1.807) is 6.26 Å². The van der Waals surface area contributed by atoms with E-state index in [-0.39, 0.29) is 0 Å². The molecule has 1 unspecified atom stereocenters. The molecule has 2 aromatic rings. The van der Waals surface area contributed by atoms with Crippen LogP contribution in [0.4, 0.5) is 0 Å². The monoisotopic (exact) mass is 243 g/mol. The maximum atomic E-state index is 5.75. The second kappa shape index (κ2) is 5.27. The number of furan rings is 1. The second-order valence-electron chi connectivity index (χ2n) is 4.54. The molecule has 3 heteroatoms. The van der Waals surface area contributed by atoms with E-state index in [2.05, 4.69) is 17.4 Å². The Morgan fingerprint density at radius 3 is 3.00 bits per heavy atom. The molecule has 0 saturated carbocycles. The van der Waals surface area contributed by atoms with Crippen LogP contribution in [-0.4, -0.2) is 6.61 Å². The molecular formula is C15H17NO2. The van der Waals surface area contributed by atoms with Gasteiger partial charge in [-0.05, 0) is 31.0 Å². The van der Waals surface area contributed by atoms with Crippen molar-refractivity contribution in [1.82, 2.24) is 5.32 Å². The number of hydrogen-bond acceptors (Lipinski definition) is 3. The molecule has 1 aliphatic heterocycles. The highest BCUT2D eigenvalue weighted by Crippen LogP contribution is 2.31. The van der Waals surface area contributed by atoms with Crippen molar-refractivity contribution in [2.24, 2.45) is 0 Å². The number of fused-ring (bicyclic) bond motifs is 1. The van der Waals surface area contributed by atoms with Crippen LogP contribution in [0.2, 0.25) is 0 Å². The minimum Gasteiger partial charge on any atom is -0.493 e. The summed E-state index contributed by atoms with van der Waals surface area (Å²) in [4.78, 5) is 0. The van der Waals surface area contributed by atoms with Gasteiger partial charge in [0.05, 0.1) is 19.4 Å². The third-order valence-corrected chi connectivity index (χ3v) is 3.29. The van der Waals surface area contributed by atoms with Crippen LogP contribution in [0, 0.1) is 0 Å². The molecule has 0 spiro atoms. The first-order chi connectivity index (χ1) is 8.93. The summed E-state index contributed by atoms with van der Waals surface area (Å²) >= 11 is 0. The van der Waals surface area contributed by atoms with Crippen LogP contribution in [0.3, 0.4) is 0 Å². The van der Waals surface area contributed by atoms with Crippen LogP contribution in [0.1, 0.15) is 30.2 Å². The third kappa shape index (κ3) is 2.41. The highest BCUT2D eigenvalue weighted by Gasteiger charge is 2.18. The van der Waals surface area contributed by atoms with Gasteiger partial charge in [0.2, 0.25) is 0 Å². The number of nitrogens with one attached hydrogen (secondary N) is 1. The summed E-state index contributed by atoms with van der Waals surface area (Å²) in [7, 11) is 0. The molecule has 18 heavy (non-hydrogen) atoms. The summed E-state index contributed by atoms with van der Waals surface area (Å²) in [6, 6.07) is 12.5. The Kier molecular flexibility index (Phi) is 3.33. The molecule has 0 saturated heterocycles. The van der Waals surface area contributed by atoms with Gasteiger partial charge < -0.3 is 14.5 Å². The SMILES string of the molecule is c1coc(CNC2CCCOc3ccccc32)c1. The van der Waals surface area contributed by atoms with Crippen LogP contribution in [0.25, 0.3) is 0 Å². The molecule has 0 radical (unpaired) electrons. The van der Waals surface area contributed by atoms with Crippen molar-refractivity contribution in [2.45, 2.75) is 25.4 Å². The molecule has 3 rings (SSSR count). The Hall–Kier alpha value is -1.74. The van der Waals surface area contributed by atoms with Gasteiger partial charge in [0.1, 0.15) is 11.5 Å². The zero-order chi connectivity index (χ0) is 12.2. The van der Waals surface area contributed by atoms with Gasteiger partial charge in [0.25, 0.3) is 0 Å². The molecule has 3 nitrogen and oxygen atoms in total. The zero-order valence-electron chi connectivity index (χ0n) is 10.3. The van der Waals surface area contributed by atoms with E-state index in [9.17, 15) is 0 Å². The van der Waals surface area contributed by atoms with Gasteiger partial charge in [-0.3, -0.25) is 0 Å².